The summed E-state index contributed by atoms with van der Waals surface area (Å²) in [5.74, 6) is 0. The predicted octanol–water partition coefficient (Wildman–Crippen LogP) is 3.36. The second kappa shape index (κ2) is 12.0. The number of nitrogens with one attached hydrogen (secondary N) is 1. The van der Waals surface area contributed by atoms with Crippen molar-refractivity contribution < 1.29 is 4.74 Å². The molecule has 1 N–H and O–H groups in total. The van der Waals surface area contributed by atoms with E-state index in [9.17, 15) is 0 Å². The van der Waals surface area contributed by atoms with Crippen LogP contribution in [0.2, 0.25) is 0 Å². The summed E-state index contributed by atoms with van der Waals surface area (Å²) in [6.07, 6.45) is 9.01. The van der Waals surface area contributed by atoms with Gasteiger partial charge in [0.05, 0.1) is 0 Å². The first kappa shape index (κ1) is 14.9. The number of ether oxygens (including phenoxy) is 1. The average molecular weight is 215 g/mol. The van der Waals surface area contributed by atoms with E-state index in [4.69, 9.17) is 4.74 Å². The van der Waals surface area contributed by atoms with E-state index in [2.05, 4.69) is 26.2 Å². The van der Waals surface area contributed by atoms with E-state index in [-0.39, 0.29) is 0 Å². The van der Waals surface area contributed by atoms with Crippen LogP contribution in [0.1, 0.15) is 58.8 Å². The van der Waals surface area contributed by atoms with Crippen molar-refractivity contribution in [1.82, 2.24) is 5.32 Å². The molecule has 0 aromatic rings. The second-order valence-electron chi connectivity index (χ2n) is 4.24. The van der Waals surface area contributed by atoms with Gasteiger partial charge >= 0.3 is 0 Å². The summed E-state index contributed by atoms with van der Waals surface area (Å²) in [6.45, 7) is 6.23. The first-order valence-corrected chi connectivity index (χ1v) is 6.60. The van der Waals surface area contributed by atoms with Gasteiger partial charge in [0, 0.05) is 19.3 Å². The van der Waals surface area contributed by atoms with E-state index in [0.29, 0.717) is 6.04 Å². The fourth-order valence-corrected chi connectivity index (χ4v) is 1.72. The molecule has 0 fully saturated rings. The molecule has 0 amide bonds. The van der Waals surface area contributed by atoms with Crippen LogP contribution < -0.4 is 5.32 Å². The standard InChI is InChI=1S/C13H29NO/c1-4-6-7-8-9-13(14-3)10-12-15-11-5-2/h13-14H,4-12H2,1-3H3. The van der Waals surface area contributed by atoms with Crippen molar-refractivity contribution in [3.63, 3.8) is 0 Å². The quantitative estimate of drug-likeness (QED) is 0.534. The summed E-state index contributed by atoms with van der Waals surface area (Å²) in [4.78, 5) is 0. The first-order valence-electron chi connectivity index (χ1n) is 6.60. The molecule has 1 unspecified atom stereocenters. The molecule has 0 aromatic carbocycles. The van der Waals surface area contributed by atoms with Gasteiger partial charge in [0.2, 0.25) is 0 Å². The topological polar surface area (TPSA) is 21.3 Å². The Labute approximate surface area is 95.8 Å². The fraction of sp³-hybridized carbons (Fsp3) is 1.00. The Hall–Kier alpha value is -0.0800. The third-order valence-electron chi connectivity index (χ3n) is 2.77. The van der Waals surface area contributed by atoms with Crippen molar-refractivity contribution in [2.24, 2.45) is 0 Å². The molecule has 2 nitrogen and oxygen atoms in total. The number of unbranched alkanes of at least 4 members (excludes halogenated alkanes) is 3. The Bertz CT molecular complexity index is 105. The van der Waals surface area contributed by atoms with Crippen LogP contribution in [0.4, 0.5) is 0 Å². The molecule has 0 aromatic heterocycles. The molecule has 2 heteroatoms. The van der Waals surface area contributed by atoms with Gasteiger partial charge in [0.1, 0.15) is 0 Å². The molecule has 0 aliphatic carbocycles. The molecule has 0 saturated heterocycles. The van der Waals surface area contributed by atoms with Gasteiger partial charge in [-0.1, -0.05) is 39.5 Å². The molecular formula is C13H29NO. The van der Waals surface area contributed by atoms with Gasteiger partial charge in [-0.05, 0) is 26.3 Å². The summed E-state index contributed by atoms with van der Waals surface area (Å²) < 4.78 is 5.50. The van der Waals surface area contributed by atoms with Crippen molar-refractivity contribution in [3.05, 3.63) is 0 Å². The molecule has 0 radical (unpaired) electrons. The third-order valence-corrected chi connectivity index (χ3v) is 2.77. The lowest BCUT2D eigenvalue weighted by atomic mass is 10.1. The van der Waals surface area contributed by atoms with Crippen LogP contribution in [0, 0.1) is 0 Å². The van der Waals surface area contributed by atoms with Gasteiger partial charge in [0.15, 0.2) is 0 Å². The maximum absolute atomic E-state index is 5.50. The minimum atomic E-state index is 0.652. The van der Waals surface area contributed by atoms with E-state index in [0.717, 1.165) is 26.1 Å². The predicted molar refractivity (Wildman–Crippen MR) is 67.3 cm³/mol. The average Bonchev–Trinajstić information content (AvgIpc) is 2.27. The van der Waals surface area contributed by atoms with Crippen LogP contribution in [0.5, 0.6) is 0 Å². The number of hydrogen-bond donors (Lipinski definition) is 1. The Kier molecular flexibility index (Phi) is 11.9. The van der Waals surface area contributed by atoms with E-state index in [1.807, 2.05) is 0 Å². The molecular weight excluding hydrogens is 186 g/mol. The molecule has 92 valence electrons. The molecule has 0 aliphatic rings. The number of rotatable bonds is 11. The highest BCUT2D eigenvalue weighted by molar-refractivity contribution is 4.64. The van der Waals surface area contributed by atoms with Gasteiger partial charge in [-0.15, -0.1) is 0 Å². The highest BCUT2D eigenvalue weighted by Gasteiger charge is 2.04. The Balaban J connectivity index is 3.29. The van der Waals surface area contributed by atoms with Gasteiger partial charge in [0.25, 0.3) is 0 Å². The fourth-order valence-electron chi connectivity index (χ4n) is 1.72. The Morgan fingerprint density at radius 2 is 1.73 bits per heavy atom. The van der Waals surface area contributed by atoms with E-state index in [1.54, 1.807) is 0 Å². The largest absolute Gasteiger partial charge is 0.381 e. The molecule has 0 saturated carbocycles. The van der Waals surface area contributed by atoms with Gasteiger partial charge in [-0.25, -0.2) is 0 Å². The monoisotopic (exact) mass is 215 g/mol. The second-order valence-corrected chi connectivity index (χ2v) is 4.24. The summed E-state index contributed by atoms with van der Waals surface area (Å²) in [5, 5.41) is 3.38. The van der Waals surface area contributed by atoms with Crippen LogP contribution in [-0.4, -0.2) is 26.3 Å². The van der Waals surface area contributed by atoms with Crippen LogP contribution in [0.3, 0.4) is 0 Å². The Morgan fingerprint density at radius 1 is 0.933 bits per heavy atom. The van der Waals surface area contributed by atoms with Crippen LogP contribution in [0.15, 0.2) is 0 Å². The first-order chi connectivity index (χ1) is 7.35. The van der Waals surface area contributed by atoms with Crippen molar-refractivity contribution in [2.75, 3.05) is 20.3 Å². The molecule has 0 heterocycles. The normalized spacial score (nSPS) is 13.0. The van der Waals surface area contributed by atoms with E-state index >= 15 is 0 Å². The van der Waals surface area contributed by atoms with Gasteiger partial charge < -0.3 is 10.1 Å². The summed E-state index contributed by atoms with van der Waals surface area (Å²) in [6, 6.07) is 0.652. The van der Waals surface area contributed by atoms with Crippen molar-refractivity contribution in [1.29, 1.82) is 0 Å². The highest BCUT2D eigenvalue weighted by atomic mass is 16.5. The zero-order chi connectivity index (χ0) is 11.4. The Morgan fingerprint density at radius 3 is 2.33 bits per heavy atom. The minimum absolute atomic E-state index is 0.652. The molecule has 0 aliphatic heterocycles. The van der Waals surface area contributed by atoms with Gasteiger partial charge in [-0.2, -0.15) is 0 Å². The maximum Gasteiger partial charge on any atom is 0.0480 e. The minimum Gasteiger partial charge on any atom is -0.381 e. The van der Waals surface area contributed by atoms with Crippen LogP contribution in [-0.2, 0) is 4.74 Å². The SMILES string of the molecule is CCCCCCC(CCOCCC)NC. The third kappa shape index (κ3) is 10.2. The van der Waals surface area contributed by atoms with Crippen molar-refractivity contribution >= 4 is 0 Å². The number of hydrogen-bond acceptors (Lipinski definition) is 2. The van der Waals surface area contributed by atoms with Crippen molar-refractivity contribution in [3.8, 4) is 0 Å². The van der Waals surface area contributed by atoms with Crippen LogP contribution >= 0.6 is 0 Å². The molecule has 15 heavy (non-hydrogen) atoms. The summed E-state index contributed by atoms with van der Waals surface area (Å²) in [5.41, 5.74) is 0. The van der Waals surface area contributed by atoms with Crippen LogP contribution in [0.25, 0.3) is 0 Å². The smallest absolute Gasteiger partial charge is 0.0480 e. The van der Waals surface area contributed by atoms with Crippen molar-refractivity contribution in [2.45, 2.75) is 64.8 Å². The summed E-state index contributed by atoms with van der Waals surface area (Å²) in [7, 11) is 2.06. The van der Waals surface area contributed by atoms with Gasteiger partial charge in [-0.3, -0.25) is 0 Å². The zero-order valence-electron chi connectivity index (χ0n) is 10.8. The molecule has 1 atom stereocenters. The zero-order valence-corrected chi connectivity index (χ0v) is 10.8. The summed E-state index contributed by atoms with van der Waals surface area (Å²) >= 11 is 0. The molecule has 0 bridgehead atoms. The lowest BCUT2D eigenvalue weighted by Crippen LogP contribution is -2.26. The maximum atomic E-state index is 5.50. The lowest BCUT2D eigenvalue weighted by Gasteiger charge is -2.15. The van der Waals surface area contributed by atoms with E-state index in [1.165, 1.54) is 32.1 Å². The van der Waals surface area contributed by atoms with E-state index < -0.39 is 0 Å². The highest BCUT2D eigenvalue weighted by Crippen LogP contribution is 2.07. The molecule has 0 rings (SSSR count). The lowest BCUT2D eigenvalue weighted by molar-refractivity contribution is 0.124. The molecule has 0 spiro atoms.